The van der Waals surface area contributed by atoms with Crippen molar-refractivity contribution in [2.75, 3.05) is 7.11 Å². The quantitative estimate of drug-likeness (QED) is 0.325. The zero-order valence-corrected chi connectivity index (χ0v) is 19.2. The number of aromatic nitrogens is 5. The zero-order chi connectivity index (χ0) is 22.9. The number of methoxy groups -OCH3 is 1. The number of fused-ring (bicyclic) bond motifs is 4. The maximum atomic E-state index is 13.7. The molecule has 0 aliphatic carbocycles. The molecule has 0 spiro atoms. The first-order valence-electron chi connectivity index (χ1n) is 11.4. The predicted molar refractivity (Wildman–Crippen MR) is 131 cm³/mol. The largest absolute Gasteiger partial charge is 0.497 e. The molecule has 7 heteroatoms. The normalized spacial score (nSPS) is 11.6. The average molecular weight is 442 g/mol. The summed E-state index contributed by atoms with van der Waals surface area (Å²) < 4.78 is 9.04. The Labute approximate surface area is 191 Å². The Hall–Kier alpha value is -3.74. The number of aryl methyl sites for hydroxylation is 1. The number of benzene rings is 2. The van der Waals surface area contributed by atoms with Gasteiger partial charge >= 0.3 is 0 Å². The van der Waals surface area contributed by atoms with Gasteiger partial charge in [0.2, 0.25) is 0 Å². The lowest BCUT2D eigenvalue weighted by atomic mass is 10.2. The lowest BCUT2D eigenvalue weighted by Gasteiger charge is -2.11. The average Bonchev–Trinajstić information content (AvgIpc) is 3.14. The SMILES string of the molecule is CCCCCCn1c(C)nc2c(c1=O)c1nc3ccccc3nc1n2-c1ccc(OC)cc1. The van der Waals surface area contributed by atoms with Crippen LogP contribution < -0.4 is 10.3 Å². The molecule has 0 atom stereocenters. The van der Waals surface area contributed by atoms with Gasteiger partial charge in [-0.25, -0.2) is 15.0 Å². The first kappa shape index (κ1) is 21.1. The molecule has 5 aromatic rings. The zero-order valence-electron chi connectivity index (χ0n) is 19.2. The van der Waals surface area contributed by atoms with Gasteiger partial charge in [0.1, 0.15) is 22.5 Å². The standard InChI is InChI=1S/C26H27N5O2/c1-4-5-6-9-16-30-17(2)27-24-22(26(30)32)23-25(29-21-11-8-7-10-20(21)28-23)31(24)18-12-14-19(33-3)15-13-18/h7-8,10-15H,4-6,9,16H2,1-3H3. The van der Waals surface area contributed by atoms with Crippen LogP contribution in [0.15, 0.2) is 53.3 Å². The minimum atomic E-state index is -0.0594. The van der Waals surface area contributed by atoms with Crippen LogP contribution in [-0.2, 0) is 6.54 Å². The highest BCUT2D eigenvalue weighted by Gasteiger charge is 2.22. The molecule has 168 valence electrons. The second-order valence-electron chi connectivity index (χ2n) is 8.29. The summed E-state index contributed by atoms with van der Waals surface area (Å²) in [5.74, 6) is 1.46. The van der Waals surface area contributed by atoms with Crippen molar-refractivity contribution < 1.29 is 4.74 Å². The number of para-hydroxylation sites is 2. The molecule has 0 fully saturated rings. The van der Waals surface area contributed by atoms with Gasteiger partial charge in [0, 0.05) is 12.2 Å². The van der Waals surface area contributed by atoms with E-state index in [1.54, 1.807) is 11.7 Å². The Bertz CT molecular complexity index is 1520. The van der Waals surface area contributed by atoms with Gasteiger partial charge in [0.05, 0.1) is 18.1 Å². The van der Waals surface area contributed by atoms with E-state index in [0.717, 1.165) is 48.2 Å². The van der Waals surface area contributed by atoms with Crippen molar-refractivity contribution in [1.82, 2.24) is 24.1 Å². The number of hydrogen-bond donors (Lipinski definition) is 0. The summed E-state index contributed by atoms with van der Waals surface area (Å²) in [6.07, 6.45) is 4.37. The Morgan fingerprint density at radius 1 is 0.879 bits per heavy atom. The van der Waals surface area contributed by atoms with Crippen LogP contribution in [0.2, 0.25) is 0 Å². The summed E-state index contributed by atoms with van der Waals surface area (Å²) in [6, 6.07) is 15.4. The first-order valence-corrected chi connectivity index (χ1v) is 11.4. The second-order valence-corrected chi connectivity index (χ2v) is 8.29. The van der Waals surface area contributed by atoms with Crippen molar-refractivity contribution in [3.63, 3.8) is 0 Å². The fourth-order valence-corrected chi connectivity index (χ4v) is 4.37. The van der Waals surface area contributed by atoms with Gasteiger partial charge in [-0.05, 0) is 49.7 Å². The van der Waals surface area contributed by atoms with Gasteiger partial charge in [0.15, 0.2) is 11.3 Å². The summed E-state index contributed by atoms with van der Waals surface area (Å²) in [5, 5.41) is 0.514. The van der Waals surface area contributed by atoms with E-state index in [2.05, 4.69) is 6.92 Å². The molecule has 5 rings (SSSR count). The van der Waals surface area contributed by atoms with Crippen molar-refractivity contribution in [3.05, 3.63) is 64.7 Å². The van der Waals surface area contributed by atoms with E-state index in [1.807, 2.05) is 60.0 Å². The minimum Gasteiger partial charge on any atom is -0.497 e. The summed E-state index contributed by atoms with van der Waals surface area (Å²) in [4.78, 5) is 28.4. The van der Waals surface area contributed by atoms with E-state index in [-0.39, 0.29) is 5.56 Å². The van der Waals surface area contributed by atoms with Gasteiger partial charge in [0.25, 0.3) is 5.56 Å². The molecule has 0 bridgehead atoms. The molecular formula is C26H27N5O2. The Morgan fingerprint density at radius 2 is 1.61 bits per heavy atom. The third-order valence-corrected chi connectivity index (χ3v) is 6.12. The fourth-order valence-electron chi connectivity index (χ4n) is 4.37. The first-order chi connectivity index (χ1) is 16.1. The molecule has 33 heavy (non-hydrogen) atoms. The maximum Gasteiger partial charge on any atom is 0.265 e. The highest BCUT2D eigenvalue weighted by atomic mass is 16.5. The van der Waals surface area contributed by atoms with E-state index in [1.165, 1.54) is 0 Å². The van der Waals surface area contributed by atoms with Crippen LogP contribution in [0.25, 0.3) is 38.9 Å². The molecule has 0 N–H and O–H groups in total. The van der Waals surface area contributed by atoms with Crippen LogP contribution in [0, 0.1) is 6.92 Å². The number of ether oxygens (including phenoxy) is 1. The molecule has 0 amide bonds. The lowest BCUT2D eigenvalue weighted by molar-refractivity contribution is 0.415. The van der Waals surface area contributed by atoms with Gasteiger partial charge in [-0.2, -0.15) is 0 Å². The third-order valence-electron chi connectivity index (χ3n) is 6.12. The number of unbranched alkanes of at least 4 members (excludes halogenated alkanes) is 3. The summed E-state index contributed by atoms with van der Waals surface area (Å²) >= 11 is 0. The lowest BCUT2D eigenvalue weighted by Crippen LogP contribution is -2.24. The molecule has 3 heterocycles. The van der Waals surface area contributed by atoms with E-state index in [4.69, 9.17) is 19.7 Å². The van der Waals surface area contributed by atoms with Crippen LogP contribution in [0.5, 0.6) is 5.75 Å². The van der Waals surface area contributed by atoms with Crippen molar-refractivity contribution in [3.8, 4) is 11.4 Å². The smallest absolute Gasteiger partial charge is 0.265 e. The maximum absolute atomic E-state index is 13.7. The third kappa shape index (κ3) is 3.63. The summed E-state index contributed by atoms with van der Waals surface area (Å²) in [6.45, 7) is 4.74. The number of hydrogen-bond acceptors (Lipinski definition) is 5. The van der Waals surface area contributed by atoms with E-state index >= 15 is 0 Å². The Morgan fingerprint density at radius 3 is 2.30 bits per heavy atom. The van der Waals surface area contributed by atoms with Crippen LogP contribution in [0.4, 0.5) is 0 Å². The predicted octanol–water partition coefficient (Wildman–Crippen LogP) is 5.18. The molecule has 7 nitrogen and oxygen atoms in total. The molecule has 0 aliphatic rings. The number of rotatable bonds is 7. The molecule has 0 saturated carbocycles. The number of nitrogens with zero attached hydrogens (tertiary/aromatic N) is 5. The van der Waals surface area contributed by atoms with Gasteiger partial charge in [-0.15, -0.1) is 0 Å². The molecule has 0 unspecified atom stereocenters. The Balaban J connectivity index is 1.81. The summed E-state index contributed by atoms with van der Waals surface area (Å²) in [5.41, 5.74) is 4.12. The molecule has 0 saturated heterocycles. The van der Waals surface area contributed by atoms with Gasteiger partial charge in [-0.3, -0.25) is 13.9 Å². The molecule has 0 radical (unpaired) electrons. The monoisotopic (exact) mass is 441 g/mol. The van der Waals surface area contributed by atoms with Crippen LogP contribution in [-0.4, -0.2) is 31.2 Å². The fraction of sp³-hybridized carbons (Fsp3) is 0.308. The van der Waals surface area contributed by atoms with Gasteiger partial charge < -0.3 is 4.74 Å². The van der Waals surface area contributed by atoms with E-state index in [9.17, 15) is 4.79 Å². The van der Waals surface area contributed by atoms with Crippen LogP contribution >= 0.6 is 0 Å². The van der Waals surface area contributed by atoms with Gasteiger partial charge in [-0.1, -0.05) is 38.3 Å². The molecule has 2 aromatic carbocycles. The van der Waals surface area contributed by atoms with Crippen molar-refractivity contribution in [1.29, 1.82) is 0 Å². The summed E-state index contributed by atoms with van der Waals surface area (Å²) in [7, 11) is 1.64. The van der Waals surface area contributed by atoms with E-state index in [0.29, 0.717) is 34.6 Å². The van der Waals surface area contributed by atoms with Crippen molar-refractivity contribution in [2.24, 2.45) is 0 Å². The molecular weight excluding hydrogens is 414 g/mol. The second kappa shape index (κ2) is 8.65. The highest BCUT2D eigenvalue weighted by Crippen LogP contribution is 2.29. The Kier molecular flexibility index (Phi) is 5.54. The van der Waals surface area contributed by atoms with Crippen molar-refractivity contribution in [2.45, 2.75) is 46.1 Å². The minimum absolute atomic E-state index is 0.0594. The van der Waals surface area contributed by atoms with E-state index < -0.39 is 0 Å². The van der Waals surface area contributed by atoms with Crippen molar-refractivity contribution >= 4 is 33.2 Å². The molecule has 0 aliphatic heterocycles. The van der Waals surface area contributed by atoms with Crippen LogP contribution in [0.3, 0.4) is 0 Å². The van der Waals surface area contributed by atoms with Crippen LogP contribution in [0.1, 0.15) is 38.4 Å². The molecule has 3 aromatic heterocycles. The highest BCUT2D eigenvalue weighted by molar-refractivity contribution is 6.05. The topological polar surface area (TPSA) is 74.8 Å².